The maximum absolute atomic E-state index is 8.56. The number of rotatable bonds is 0. The standard InChI is InChI=1S/4CH2O3.Zn/c4*2-1(3)4;/h4*(H2,2,3,4);/q;;;;+2/p-2. The fraction of sp³-hybridized carbons (Fsp3) is 0. The van der Waals surface area contributed by atoms with Gasteiger partial charge in [0.15, 0.2) is 0 Å². The van der Waals surface area contributed by atoms with Crippen molar-refractivity contribution in [3.05, 3.63) is 0 Å². The van der Waals surface area contributed by atoms with E-state index in [-0.39, 0.29) is 19.5 Å². The van der Waals surface area contributed by atoms with Gasteiger partial charge in [0.1, 0.15) is 0 Å². The van der Waals surface area contributed by atoms with Gasteiger partial charge in [-0.25, -0.2) is 14.4 Å². The SMILES string of the molecule is O=C(O)O.O=C(O)O.O=C(O)O.O=C([O-])[O-].[Zn+2]. The molecule has 0 bridgehead atoms. The number of hydrogen-bond acceptors (Lipinski definition) is 6. The maximum Gasteiger partial charge on any atom is 2.00 e. The van der Waals surface area contributed by atoms with Crippen molar-refractivity contribution >= 4 is 24.6 Å². The zero-order chi connectivity index (χ0) is 14.3. The van der Waals surface area contributed by atoms with Crippen molar-refractivity contribution in [3.8, 4) is 0 Å². The summed E-state index contributed by atoms with van der Waals surface area (Å²) in [5, 5.41) is 58.5. The third kappa shape index (κ3) is 356. The quantitative estimate of drug-likeness (QED) is 0.272. The van der Waals surface area contributed by atoms with Gasteiger partial charge in [-0.2, -0.15) is 0 Å². The van der Waals surface area contributed by atoms with Crippen molar-refractivity contribution in [2.24, 2.45) is 0 Å². The van der Waals surface area contributed by atoms with Crippen LogP contribution in [0.15, 0.2) is 0 Å². The van der Waals surface area contributed by atoms with E-state index >= 15 is 0 Å². The van der Waals surface area contributed by atoms with Crippen molar-refractivity contribution in [3.63, 3.8) is 0 Å². The number of carbonyl (C=O) groups excluding carboxylic acids is 1. The Labute approximate surface area is 105 Å². The Morgan fingerprint density at radius 1 is 0.588 bits per heavy atom. The number of carboxylic acid groups (broad SMARTS) is 8. The van der Waals surface area contributed by atoms with E-state index in [1.54, 1.807) is 0 Å². The third-order valence-corrected chi connectivity index (χ3v) is 0. The maximum atomic E-state index is 8.56. The minimum absolute atomic E-state index is 0. The molecule has 96 valence electrons. The van der Waals surface area contributed by atoms with E-state index in [1.807, 2.05) is 0 Å². The van der Waals surface area contributed by atoms with Crippen molar-refractivity contribution in [2.45, 2.75) is 0 Å². The molecule has 0 fully saturated rings. The van der Waals surface area contributed by atoms with Gasteiger partial charge in [-0.15, -0.1) is 0 Å². The van der Waals surface area contributed by atoms with Crippen molar-refractivity contribution in [1.82, 2.24) is 0 Å². The second-order valence-corrected chi connectivity index (χ2v) is 1.10. The molecule has 0 saturated heterocycles. The fourth-order valence-corrected chi connectivity index (χ4v) is 0. The summed E-state index contributed by atoms with van der Waals surface area (Å²) in [4.78, 5) is 34.0. The Balaban J connectivity index is -0.0000000369. The van der Waals surface area contributed by atoms with Crippen LogP contribution in [-0.4, -0.2) is 55.3 Å². The van der Waals surface area contributed by atoms with Crippen LogP contribution >= 0.6 is 0 Å². The van der Waals surface area contributed by atoms with Gasteiger partial charge in [-0.1, -0.05) is 0 Å². The smallest absolute Gasteiger partial charge is 0.652 e. The largest absolute Gasteiger partial charge is 2.00 e. The molecule has 0 heterocycles. The molecule has 0 aliphatic rings. The molecule has 0 aromatic carbocycles. The summed E-state index contributed by atoms with van der Waals surface area (Å²) < 4.78 is 0. The number of hydrogen-bond donors (Lipinski definition) is 6. The molecule has 0 aliphatic heterocycles. The Morgan fingerprint density at radius 2 is 0.588 bits per heavy atom. The van der Waals surface area contributed by atoms with E-state index in [0.717, 1.165) is 0 Å². The first-order chi connectivity index (χ1) is 6.93. The van der Waals surface area contributed by atoms with E-state index < -0.39 is 24.6 Å². The molecule has 0 radical (unpaired) electrons. The van der Waals surface area contributed by atoms with Crippen molar-refractivity contribution in [1.29, 1.82) is 0 Å². The van der Waals surface area contributed by atoms with Gasteiger partial charge in [0.05, 0.1) is 0 Å². The van der Waals surface area contributed by atoms with Crippen LogP contribution in [0.1, 0.15) is 0 Å². The van der Waals surface area contributed by atoms with Gasteiger partial charge >= 0.3 is 37.9 Å². The molecule has 0 unspecified atom stereocenters. The van der Waals surface area contributed by atoms with Crippen LogP contribution in [0.3, 0.4) is 0 Å². The summed E-state index contributed by atoms with van der Waals surface area (Å²) in [6.07, 6.45) is -7.83. The van der Waals surface area contributed by atoms with Crippen LogP contribution in [0, 0.1) is 0 Å². The van der Waals surface area contributed by atoms with Gasteiger partial charge in [0.2, 0.25) is 0 Å². The summed E-state index contributed by atoms with van der Waals surface area (Å²) in [5.41, 5.74) is 0. The summed E-state index contributed by atoms with van der Waals surface area (Å²) in [5.74, 6) is 0. The Kier molecular flexibility index (Phi) is 40.5. The van der Waals surface area contributed by atoms with Crippen LogP contribution in [-0.2, 0) is 19.5 Å². The summed E-state index contributed by atoms with van der Waals surface area (Å²) in [7, 11) is 0. The fourth-order valence-electron chi connectivity index (χ4n) is 0. The molecule has 0 spiro atoms. The third-order valence-electron chi connectivity index (χ3n) is 0. The van der Waals surface area contributed by atoms with Gasteiger partial charge in [-0.3, -0.25) is 0 Å². The molecule has 0 aliphatic carbocycles. The van der Waals surface area contributed by atoms with E-state index in [2.05, 4.69) is 0 Å². The van der Waals surface area contributed by atoms with Gasteiger partial charge in [-0.05, 0) is 6.16 Å². The average molecular weight is 311 g/mol. The Bertz CT molecular complexity index is 159. The van der Waals surface area contributed by atoms with Crippen molar-refractivity contribution < 1.29 is 79.5 Å². The van der Waals surface area contributed by atoms with Crippen LogP contribution in [0.5, 0.6) is 0 Å². The zero-order valence-corrected chi connectivity index (χ0v) is 10.8. The Hall–Kier alpha value is -2.30. The summed E-state index contributed by atoms with van der Waals surface area (Å²) in [6.45, 7) is 0. The van der Waals surface area contributed by atoms with Gasteiger partial charge in [0, 0.05) is 0 Å². The molecule has 0 aromatic rings. The summed E-state index contributed by atoms with van der Waals surface area (Å²) in [6, 6.07) is 0. The minimum atomic E-state index is -2.33. The first-order valence-electron chi connectivity index (χ1n) is 2.57. The predicted molar refractivity (Wildman–Crippen MR) is 37.4 cm³/mol. The van der Waals surface area contributed by atoms with E-state index in [4.69, 9.17) is 60.0 Å². The van der Waals surface area contributed by atoms with Gasteiger partial charge < -0.3 is 45.6 Å². The molecule has 6 N–H and O–H groups in total. The van der Waals surface area contributed by atoms with Crippen LogP contribution < -0.4 is 10.2 Å². The van der Waals surface area contributed by atoms with E-state index in [0.29, 0.717) is 0 Å². The van der Waals surface area contributed by atoms with Crippen molar-refractivity contribution in [2.75, 3.05) is 0 Å². The summed E-state index contributed by atoms with van der Waals surface area (Å²) >= 11 is 0. The molecule has 12 nitrogen and oxygen atoms in total. The second-order valence-electron chi connectivity index (χ2n) is 1.10. The second kappa shape index (κ2) is 23.5. The number of carbonyl (C=O) groups is 4. The molecular formula is C4H6O12Zn. The Morgan fingerprint density at radius 3 is 0.588 bits per heavy atom. The first kappa shape index (κ1) is 29.3. The topological polar surface area (TPSA) is 236 Å². The van der Waals surface area contributed by atoms with Gasteiger partial charge in [0.25, 0.3) is 0 Å². The average Bonchev–Trinajstić information content (AvgIpc) is 1.76. The molecular weight excluding hydrogens is 305 g/mol. The van der Waals surface area contributed by atoms with Crippen LogP contribution in [0.4, 0.5) is 19.2 Å². The molecule has 0 rings (SSSR count). The zero-order valence-electron chi connectivity index (χ0n) is 7.84. The molecule has 0 atom stereocenters. The minimum Gasteiger partial charge on any atom is -0.652 e. The molecule has 0 amide bonds. The molecule has 0 saturated carbocycles. The normalized spacial score (nSPS) is 5.65. The molecule has 13 heteroatoms. The predicted octanol–water partition coefficient (Wildman–Crippen LogP) is -1.78. The van der Waals surface area contributed by atoms with E-state index in [9.17, 15) is 0 Å². The van der Waals surface area contributed by atoms with Crippen LogP contribution in [0.25, 0.3) is 0 Å². The first-order valence-corrected chi connectivity index (χ1v) is 2.57. The monoisotopic (exact) mass is 310 g/mol. The van der Waals surface area contributed by atoms with Crippen LogP contribution in [0.2, 0.25) is 0 Å². The molecule has 17 heavy (non-hydrogen) atoms. The van der Waals surface area contributed by atoms with E-state index in [1.165, 1.54) is 0 Å². The molecule has 0 aromatic heterocycles.